The quantitative estimate of drug-likeness (QED) is 0.231. The molecule has 0 bridgehead atoms. The van der Waals surface area contributed by atoms with Crippen molar-refractivity contribution in [3.8, 4) is 22.3 Å². The standard InChI is InChI=1S/C38H23NO/c1-3-14-29-27(12-1)28-13-2-4-15-30(28)38-36(29)32-19-8-18-26(37(32)39-38)24-11-7-10-23(22-24)25-17-9-21-34-35(25)31-16-5-6-20-33(31)40-34/h1-22,39H. The summed E-state index contributed by atoms with van der Waals surface area (Å²) in [5.74, 6) is 0. The summed E-state index contributed by atoms with van der Waals surface area (Å²) in [4.78, 5) is 3.87. The van der Waals surface area contributed by atoms with Gasteiger partial charge < -0.3 is 9.40 Å². The second kappa shape index (κ2) is 8.08. The third-order valence-electron chi connectivity index (χ3n) is 8.40. The predicted molar refractivity (Wildman–Crippen MR) is 169 cm³/mol. The molecule has 0 saturated heterocycles. The van der Waals surface area contributed by atoms with Gasteiger partial charge in [-0.1, -0.05) is 115 Å². The molecule has 0 atom stereocenters. The third kappa shape index (κ3) is 2.93. The summed E-state index contributed by atoms with van der Waals surface area (Å²) >= 11 is 0. The molecule has 0 amide bonds. The minimum absolute atomic E-state index is 0.917. The molecule has 0 unspecified atom stereocenters. The van der Waals surface area contributed by atoms with Crippen molar-refractivity contribution in [2.24, 2.45) is 0 Å². The van der Waals surface area contributed by atoms with Crippen LogP contribution in [0.4, 0.5) is 0 Å². The Morgan fingerprint density at radius 3 is 1.80 bits per heavy atom. The number of fused-ring (bicyclic) bond motifs is 11. The van der Waals surface area contributed by atoms with Gasteiger partial charge in [-0.05, 0) is 51.0 Å². The fourth-order valence-electron chi connectivity index (χ4n) is 6.68. The van der Waals surface area contributed by atoms with Crippen LogP contribution in [0.3, 0.4) is 0 Å². The number of aromatic nitrogens is 1. The lowest BCUT2D eigenvalue weighted by Gasteiger charge is -2.09. The summed E-state index contributed by atoms with van der Waals surface area (Å²) in [6.45, 7) is 0. The number of hydrogen-bond donors (Lipinski definition) is 1. The maximum Gasteiger partial charge on any atom is 0.136 e. The largest absolute Gasteiger partial charge is 0.456 e. The molecule has 0 fully saturated rings. The summed E-state index contributed by atoms with van der Waals surface area (Å²) < 4.78 is 6.19. The fraction of sp³-hybridized carbons (Fsp3) is 0. The van der Waals surface area contributed by atoms with Gasteiger partial charge in [0.05, 0.1) is 11.0 Å². The molecule has 0 aliphatic carbocycles. The average molecular weight is 510 g/mol. The fourth-order valence-corrected chi connectivity index (χ4v) is 6.68. The molecule has 0 aliphatic heterocycles. The predicted octanol–water partition coefficient (Wildman–Crippen LogP) is 10.9. The summed E-state index contributed by atoms with van der Waals surface area (Å²) in [7, 11) is 0. The minimum Gasteiger partial charge on any atom is -0.456 e. The Morgan fingerprint density at radius 1 is 0.375 bits per heavy atom. The van der Waals surface area contributed by atoms with Gasteiger partial charge in [-0.15, -0.1) is 0 Å². The Morgan fingerprint density at radius 2 is 0.950 bits per heavy atom. The molecule has 0 radical (unpaired) electrons. The van der Waals surface area contributed by atoms with Crippen molar-refractivity contribution in [2.45, 2.75) is 0 Å². The van der Waals surface area contributed by atoms with Crippen LogP contribution in [0.15, 0.2) is 138 Å². The van der Waals surface area contributed by atoms with E-state index in [1.165, 1.54) is 65.6 Å². The van der Waals surface area contributed by atoms with E-state index >= 15 is 0 Å². The minimum atomic E-state index is 0.917. The number of benzene rings is 7. The summed E-state index contributed by atoms with van der Waals surface area (Å²) in [6, 6.07) is 47.7. The highest BCUT2D eigenvalue weighted by atomic mass is 16.3. The Bertz CT molecular complexity index is 2440. The molecular formula is C38H23NO. The van der Waals surface area contributed by atoms with Crippen LogP contribution >= 0.6 is 0 Å². The van der Waals surface area contributed by atoms with Gasteiger partial charge >= 0.3 is 0 Å². The second-order valence-electron chi connectivity index (χ2n) is 10.6. The molecule has 0 saturated carbocycles. The SMILES string of the molecule is c1cc(-c2cccc3c2[nH]c2c4ccccc4c4ccccc4c32)cc(-c2cccc3oc4ccccc4c23)c1. The van der Waals surface area contributed by atoms with Crippen LogP contribution in [0.2, 0.25) is 0 Å². The number of hydrogen-bond acceptors (Lipinski definition) is 1. The second-order valence-corrected chi connectivity index (χ2v) is 10.6. The van der Waals surface area contributed by atoms with Crippen LogP contribution in [-0.4, -0.2) is 4.98 Å². The Labute approximate surface area is 230 Å². The molecule has 2 heteroatoms. The molecule has 2 heterocycles. The van der Waals surface area contributed by atoms with Crippen LogP contribution in [0, 0.1) is 0 Å². The third-order valence-corrected chi connectivity index (χ3v) is 8.40. The first kappa shape index (κ1) is 21.6. The van der Waals surface area contributed by atoms with E-state index in [1.807, 2.05) is 12.1 Å². The van der Waals surface area contributed by atoms with Gasteiger partial charge in [0.15, 0.2) is 0 Å². The van der Waals surface area contributed by atoms with Crippen LogP contribution in [0.25, 0.3) is 87.5 Å². The van der Waals surface area contributed by atoms with Crippen LogP contribution < -0.4 is 0 Å². The zero-order valence-electron chi connectivity index (χ0n) is 21.6. The van der Waals surface area contributed by atoms with Crippen molar-refractivity contribution >= 4 is 65.3 Å². The lowest BCUT2D eigenvalue weighted by molar-refractivity contribution is 0.669. The van der Waals surface area contributed by atoms with E-state index in [-0.39, 0.29) is 0 Å². The number of nitrogens with one attached hydrogen (secondary N) is 1. The highest BCUT2D eigenvalue weighted by Gasteiger charge is 2.17. The molecule has 9 aromatic rings. The highest BCUT2D eigenvalue weighted by Crippen LogP contribution is 2.42. The van der Waals surface area contributed by atoms with Gasteiger partial charge in [0, 0.05) is 32.5 Å². The first-order valence-corrected chi connectivity index (χ1v) is 13.7. The monoisotopic (exact) mass is 509 g/mol. The molecule has 2 nitrogen and oxygen atoms in total. The highest BCUT2D eigenvalue weighted by molar-refractivity contribution is 6.32. The zero-order chi connectivity index (χ0) is 26.2. The Balaban J connectivity index is 1.32. The van der Waals surface area contributed by atoms with Crippen molar-refractivity contribution in [1.82, 2.24) is 4.98 Å². The topological polar surface area (TPSA) is 28.9 Å². The zero-order valence-corrected chi connectivity index (χ0v) is 21.6. The van der Waals surface area contributed by atoms with Crippen molar-refractivity contribution in [1.29, 1.82) is 0 Å². The van der Waals surface area contributed by atoms with Crippen molar-refractivity contribution in [2.75, 3.05) is 0 Å². The smallest absolute Gasteiger partial charge is 0.136 e. The molecule has 2 aromatic heterocycles. The number of aromatic amines is 1. The lowest BCUT2D eigenvalue weighted by atomic mass is 9.94. The molecule has 0 spiro atoms. The molecular weight excluding hydrogens is 486 g/mol. The molecule has 1 N–H and O–H groups in total. The van der Waals surface area contributed by atoms with Crippen molar-refractivity contribution in [3.63, 3.8) is 0 Å². The molecule has 0 aliphatic rings. The van der Waals surface area contributed by atoms with Gasteiger partial charge in [0.1, 0.15) is 11.2 Å². The van der Waals surface area contributed by atoms with E-state index in [4.69, 9.17) is 4.42 Å². The van der Waals surface area contributed by atoms with Gasteiger partial charge in [-0.3, -0.25) is 0 Å². The van der Waals surface area contributed by atoms with Gasteiger partial charge in [0.25, 0.3) is 0 Å². The van der Waals surface area contributed by atoms with Crippen LogP contribution in [0.5, 0.6) is 0 Å². The first-order chi connectivity index (χ1) is 19.8. The summed E-state index contributed by atoms with van der Waals surface area (Å²) in [5, 5.41) is 9.96. The first-order valence-electron chi connectivity index (χ1n) is 13.7. The maximum atomic E-state index is 6.19. The number of H-pyrrole nitrogens is 1. The number of para-hydroxylation sites is 2. The van der Waals surface area contributed by atoms with E-state index in [2.05, 4.69) is 126 Å². The Hall–Kier alpha value is -5.34. The number of rotatable bonds is 2. The number of furan rings is 1. The molecule has 7 aromatic carbocycles. The molecule has 9 rings (SSSR count). The molecule has 40 heavy (non-hydrogen) atoms. The van der Waals surface area contributed by atoms with Gasteiger partial charge in [-0.25, -0.2) is 0 Å². The van der Waals surface area contributed by atoms with Gasteiger partial charge in [0.2, 0.25) is 0 Å². The van der Waals surface area contributed by atoms with E-state index < -0.39 is 0 Å². The van der Waals surface area contributed by atoms with E-state index in [0.717, 1.165) is 21.9 Å². The van der Waals surface area contributed by atoms with Crippen LogP contribution in [-0.2, 0) is 0 Å². The summed E-state index contributed by atoms with van der Waals surface area (Å²) in [6.07, 6.45) is 0. The normalized spacial score (nSPS) is 12.0. The maximum absolute atomic E-state index is 6.19. The van der Waals surface area contributed by atoms with E-state index in [9.17, 15) is 0 Å². The van der Waals surface area contributed by atoms with Crippen molar-refractivity contribution in [3.05, 3.63) is 133 Å². The average Bonchev–Trinajstić information content (AvgIpc) is 3.60. The van der Waals surface area contributed by atoms with Crippen LogP contribution in [0.1, 0.15) is 0 Å². The Kier molecular flexibility index (Phi) is 4.36. The van der Waals surface area contributed by atoms with E-state index in [1.54, 1.807) is 0 Å². The lowest BCUT2D eigenvalue weighted by Crippen LogP contribution is -1.84. The molecule has 186 valence electrons. The van der Waals surface area contributed by atoms with Gasteiger partial charge in [-0.2, -0.15) is 0 Å². The van der Waals surface area contributed by atoms with E-state index in [0.29, 0.717) is 0 Å². The van der Waals surface area contributed by atoms with Crippen molar-refractivity contribution < 1.29 is 4.42 Å². The summed E-state index contributed by atoms with van der Waals surface area (Å²) in [5.41, 5.74) is 8.96.